The summed E-state index contributed by atoms with van der Waals surface area (Å²) >= 11 is 0. The molecule has 0 aliphatic carbocycles. The van der Waals surface area contributed by atoms with Crippen LogP contribution >= 0.6 is 0 Å². The highest BCUT2D eigenvalue weighted by atomic mass is 32.2. The van der Waals surface area contributed by atoms with Gasteiger partial charge in [-0.1, -0.05) is 0 Å². The summed E-state index contributed by atoms with van der Waals surface area (Å²) in [5.41, 5.74) is -0.525. The van der Waals surface area contributed by atoms with Gasteiger partial charge in [-0.05, 0) is 6.07 Å². The number of hydrogen-bond donors (Lipinski definition) is 1. The molecule has 0 aliphatic heterocycles. The van der Waals surface area contributed by atoms with Crippen LogP contribution in [0.1, 0.15) is 10.5 Å². The molecule has 1 rings (SSSR count). The van der Waals surface area contributed by atoms with Crippen molar-refractivity contribution in [2.45, 2.75) is 4.90 Å². The highest BCUT2D eigenvalue weighted by molar-refractivity contribution is 7.89. The van der Waals surface area contributed by atoms with E-state index in [1.54, 1.807) is 0 Å². The predicted octanol–water partition coefficient (Wildman–Crippen LogP) is -0.319. The molecule has 1 heterocycles. The highest BCUT2D eigenvalue weighted by Crippen LogP contribution is 2.13. The highest BCUT2D eigenvalue weighted by Gasteiger charge is 2.19. The first-order chi connectivity index (χ1) is 5.96. The largest absolute Gasteiger partial charge is 0.296 e. The molecule has 0 saturated carbocycles. The van der Waals surface area contributed by atoms with Crippen LogP contribution < -0.4 is 5.14 Å². The van der Waals surface area contributed by atoms with Crippen molar-refractivity contribution >= 4 is 16.3 Å². The molecule has 0 spiro atoms. The first-order valence-corrected chi connectivity index (χ1v) is 4.64. The van der Waals surface area contributed by atoms with Crippen LogP contribution in [0.5, 0.6) is 0 Å². The SMILES string of the molecule is NS(=O)(=O)c1c(F)ccnc1C=O. The van der Waals surface area contributed by atoms with E-state index in [4.69, 9.17) is 0 Å². The molecule has 0 bridgehead atoms. The van der Waals surface area contributed by atoms with Crippen LogP contribution in [0.2, 0.25) is 0 Å². The minimum atomic E-state index is -4.24. The van der Waals surface area contributed by atoms with E-state index in [9.17, 15) is 17.6 Å². The van der Waals surface area contributed by atoms with Gasteiger partial charge >= 0.3 is 0 Å². The molecule has 5 nitrogen and oxygen atoms in total. The normalized spacial score (nSPS) is 11.2. The molecular weight excluding hydrogens is 199 g/mol. The fourth-order valence-electron chi connectivity index (χ4n) is 0.805. The van der Waals surface area contributed by atoms with Crippen LogP contribution in [0.15, 0.2) is 17.2 Å². The van der Waals surface area contributed by atoms with E-state index in [0.717, 1.165) is 12.3 Å². The standard InChI is InChI=1S/C6H5FN2O3S/c7-4-1-2-9-5(3-10)6(4)13(8,11)12/h1-3H,(H2,8,11,12). The van der Waals surface area contributed by atoms with E-state index in [1.165, 1.54) is 0 Å². The summed E-state index contributed by atoms with van der Waals surface area (Å²) in [6.45, 7) is 0. The Morgan fingerprint density at radius 2 is 2.15 bits per heavy atom. The van der Waals surface area contributed by atoms with Crippen LogP contribution in [0.3, 0.4) is 0 Å². The molecular formula is C6H5FN2O3S. The molecule has 2 N–H and O–H groups in total. The number of nitrogens with two attached hydrogens (primary N) is 1. The summed E-state index contributed by atoms with van der Waals surface area (Å²) in [5.74, 6) is -1.08. The molecule has 0 aromatic carbocycles. The van der Waals surface area contributed by atoms with Gasteiger partial charge in [0.2, 0.25) is 10.0 Å². The van der Waals surface area contributed by atoms with E-state index in [0.29, 0.717) is 0 Å². The van der Waals surface area contributed by atoms with Crippen molar-refractivity contribution in [2.24, 2.45) is 5.14 Å². The van der Waals surface area contributed by atoms with Crippen molar-refractivity contribution in [2.75, 3.05) is 0 Å². The van der Waals surface area contributed by atoms with E-state index < -0.39 is 26.4 Å². The molecule has 1 aromatic rings. The number of carbonyl (C=O) groups is 1. The Labute approximate surface area is 73.4 Å². The lowest BCUT2D eigenvalue weighted by atomic mass is 10.4. The predicted molar refractivity (Wildman–Crippen MR) is 41.0 cm³/mol. The third kappa shape index (κ3) is 1.87. The maximum Gasteiger partial charge on any atom is 0.243 e. The van der Waals surface area contributed by atoms with E-state index in [-0.39, 0.29) is 6.29 Å². The lowest BCUT2D eigenvalue weighted by Gasteiger charge is -2.00. The summed E-state index contributed by atoms with van der Waals surface area (Å²) in [4.78, 5) is 12.8. The molecule has 0 atom stereocenters. The number of aromatic nitrogens is 1. The molecule has 0 saturated heterocycles. The molecule has 1 aromatic heterocycles. The number of primary sulfonamides is 1. The minimum Gasteiger partial charge on any atom is -0.296 e. The molecule has 7 heteroatoms. The summed E-state index contributed by atoms with van der Waals surface area (Å²) in [7, 11) is -4.24. The maximum absolute atomic E-state index is 12.9. The zero-order valence-electron chi connectivity index (χ0n) is 6.27. The zero-order valence-corrected chi connectivity index (χ0v) is 7.08. The number of hydrogen-bond acceptors (Lipinski definition) is 4. The number of aldehydes is 1. The molecule has 0 aliphatic rings. The van der Waals surface area contributed by atoms with Crippen LogP contribution in [0, 0.1) is 5.82 Å². The van der Waals surface area contributed by atoms with E-state index in [2.05, 4.69) is 10.1 Å². The fourth-order valence-corrected chi connectivity index (χ4v) is 1.54. The Morgan fingerprint density at radius 3 is 2.54 bits per heavy atom. The van der Waals surface area contributed by atoms with Gasteiger partial charge in [-0.15, -0.1) is 0 Å². The van der Waals surface area contributed by atoms with Crippen LogP contribution in [-0.2, 0) is 10.0 Å². The Hall–Kier alpha value is -1.34. The van der Waals surface area contributed by atoms with Gasteiger partial charge in [-0.25, -0.2) is 17.9 Å². The van der Waals surface area contributed by atoms with Gasteiger partial charge in [0, 0.05) is 6.20 Å². The monoisotopic (exact) mass is 204 g/mol. The number of nitrogens with zero attached hydrogens (tertiary/aromatic N) is 1. The second-order valence-corrected chi connectivity index (χ2v) is 3.67. The summed E-state index contributed by atoms with van der Waals surface area (Å²) in [6, 6.07) is 0.812. The van der Waals surface area contributed by atoms with Gasteiger partial charge < -0.3 is 0 Å². The Balaban J connectivity index is 3.59. The van der Waals surface area contributed by atoms with Gasteiger partial charge in [0.15, 0.2) is 6.29 Å². The van der Waals surface area contributed by atoms with Crippen molar-refractivity contribution < 1.29 is 17.6 Å². The summed E-state index contributed by atoms with van der Waals surface area (Å²) < 4.78 is 34.4. The number of rotatable bonds is 2. The third-order valence-electron chi connectivity index (χ3n) is 1.28. The van der Waals surface area contributed by atoms with Crippen molar-refractivity contribution in [3.05, 3.63) is 23.8 Å². The molecule has 0 radical (unpaired) electrons. The van der Waals surface area contributed by atoms with Crippen molar-refractivity contribution in [1.82, 2.24) is 4.98 Å². The topological polar surface area (TPSA) is 90.1 Å². The van der Waals surface area contributed by atoms with Gasteiger partial charge in [0.05, 0.1) is 0 Å². The molecule has 0 unspecified atom stereocenters. The Bertz CT molecular complexity index is 443. The quantitative estimate of drug-likeness (QED) is 0.668. The zero-order chi connectivity index (χ0) is 10.1. The molecule has 0 amide bonds. The van der Waals surface area contributed by atoms with Crippen LogP contribution in [0.4, 0.5) is 4.39 Å². The van der Waals surface area contributed by atoms with Crippen molar-refractivity contribution in [3.8, 4) is 0 Å². The van der Waals surface area contributed by atoms with Gasteiger partial charge in [-0.3, -0.25) is 9.78 Å². The van der Waals surface area contributed by atoms with Crippen LogP contribution in [0.25, 0.3) is 0 Å². The lowest BCUT2D eigenvalue weighted by molar-refractivity contribution is 0.111. The first-order valence-electron chi connectivity index (χ1n) is 3.09. The van der Waals surface area contributed by atoms with Crippen molar-refractivity contribution in [3.63, 3.8) is 0 Å². The maximum atomic E-state index is 12.9. The second-order valence-electron chi connectivity index (χ2n) is 2.17. The van der Waals surface area contributed by atoms with E-state index in [1.807, 2.05) is 0 Å². The van der Waals surface area contributed by atoms with Crippen molar-refractivity contribution in [1.29, 1.82) is 0 Å². The fraction of sp³-hybridized carbons (Fsp3) is 0. The Kier molecular flexibility index (Phi) is 2.39. The Morgan fingerprint density at radius 1 is 1.54 bits per heavy atom. The second kappa shape index (κ2) is 3.19. The minimum absolute atomic E-state index is 0.128. The first kappa shape index (κ1) is 9.75. The third-order valence-corrected chi connectivity index (χ3v) is 2.25. The average molecular weight is 204 g/mol. The molecule has 13 heavy (non-hydrogen) atoms. The molecule has 0 fully saturated rings. The summed E-state index contributed by atoms with van der Waals surface area (Å²) in [6.07, 6.45) is 1.11. The van der Waals surface area contributed by atoms with Gasteiger partial charge in [0.25, 0.3) is 0 Å². The number of halogens is 1. The smallest absolute Gasteiger partial charge is 0.243 e. The van der Waals surface area contributed by atoms with Gasteiger partial charge in [0.1, 0.15) is 16.4 Å². The van der Waals surface area contributed by atoms with E-state index >= 15 is 0 Å². The summed E-state index contributed by atoms with van der Waals surface area (Å²) in [5, 5.41) is 4.67. The molecule has 70 valence electrons. The lowest BCUT2D eigenvalue weighted by Crippen LogP contribution is -2.17. The van der Waals surface area contributed by atoms with Gasteiger partial charge in [-0.2, -0.15) is 0 Å². The number of pyridine rings is 1. The number of carbonyl (C=O) groups excluding carboxylic acids is 1. The van der Waals surface area contributed by atoms with Crippen LogP contribution in [-0.4, -0.2) is 19.7 Å². The average Bonchev–Trinajstić information content (AvgIpc) is 2.01. The number of sulfonamides is 1.